The van der Waals surface area contributed by atoms with Crippen molar-refractivity contribution in [2.75, 3.05) is 5.90 Å². The van der Waals surface area contributed by atoms with Crippen LogP contribution >= 0.6 is 15.8 Å². The minimum atomic E-state index is -0.409. The molecule has 0 spiro atoms. The summed E-state index contributed by atoms with van der Waals surface area (Å²) in [7, 11) is -0.817. The molecule has 28 heavy (non-hydrogen) atoms. The van der Waals surface area contributed by atoms with Gasteiger partial charge in [0.15, 0.2) is 0 Å². The first-order chi connectivity index (χ1) is 13.4. The second kappa shape index (κ2) is 10.8. The first kappa shape index (κ1) is 21.1. The van der Waals surface area contributed by atoms with Gasteiger partial charge in [-0.2, -0.15) is 0 Å². The fourth-order valence-corrected chi connectivity index (χ4v) is 9.67. The molecule has 0 saturated heterocycles. The molecule has 4 rings (SSSR count). The molecule has 0 aromatic heterocycles. The van der Waals surface area contributed by atoms with E-state index in [0.29, 0.717) is 0 Å². The Balaban J connectivity index is 0.00000225. The molecule has 0 aliphatic heterocycles. The molecule has 0 radical (unpaired) electrons. The number of hydrogen-bond donors (Lipinski definition) is 0. The van der Waals surface area contributed by atoms with Gasteiger partial charge < -0.3 is 0 Å². The Hall–Kier alpha value is -1.57. The van der Waals surface area contributed by atoms with E-state index >= 15 is 0 Å². The standard InChI is InChI=1S/C25H22P2.Pt/c1-5-13-22(14-6-1)26(23-15-7-2-8-16-23)21-27(24-17-9-3-10-18-24)25-19-11-4-12-20-25;/h1-20H,21H2;. The van der Waals surface area contributed by atoms with Crippen molar-refractivity contribution in [2.24, 2.45) is 0 Å². The normalized spacial score (nSPS) is 10.6. The second-order valence-corrected chi connectivity index (χ2v) is 11.2. The molecule has 4 aromatic carbocycles. The Morgan fingerprint density at radius 2 is 0.571 bits per heavy atom. The van der Waals surface area contributed by atoms with Gasteiger partial charge in [-0.3, -0.25) is 0 Å². The smallest absolute Gasteiger partial charge is 0.00405 e. The number of benzene rings is 4. The third kappa shape index (κ3) is 5.27. The third-order valence-corrected chi connectivity index (χ3v) is 10.5. The summed E-state index contributed by atoms with van der Waals surface area (Å²) in [5.74, 6) is 1.17. The Bertz CT molecular complexity index is 785. The summed E-state index contributed by atoms with van der Waals surface area (Å²) in [5.41, 5.74) is 0. The zero-order valence-electron chi connectivity index (χ0n) is 15.5. The van der Waals surface area contributed by atoms with E-state index in [1.165, 1.54) is 27.1 Å². The zero-order valence-corrected chi connectivity index (χ0v) is 19.5. The predicted octanol–water partition coefficient (Wildman–Crippen LogP) is 5.21. The quantitative estimate of drug-likeness (QED) is 0.276. The fraction of sp³-hybridized carbons (Fsp3) is 0.0400. The minimum Gasteiger partial charge on any atom is -0.0622 e. The van der Waals surface area contributed by atoms with Gasteiger partial charge in [0, 0.05) is 27.0 Å². The van der Waals surface area contributed by atoms with Crippen LogP contribution in [0, 0.1) is 0 Å². The van der Waals surface area contributed by atoms with Crippen LogP contribution in [-0.2, 0) is 21.1 Å². The molecule has 0 atom stereocenters. The average molecular weight is 579 g/mol. The summed E-state index contributed by atoms with van der Waals surface area (Å²) >= 11 is 0. The van der Waals surface area contributed by atoms with Crippen molar-refractivity contribution < 1.29 is 21.1 Å². The van der Waals surface area contributed by atoms with Crippen LogP contribution in [0.5, 0.6) is 0 Å². The monoisotopic (exact) mass is 579 g/mol. The molecule has 4 aromatic rings. The van der Waals surface area contributed by atoms with Crippen LogP contribution in [0.15, 0.2) is 121 Å². The molecule has 142 valence electrons. The molecule has 0 saturated carbocycles. The summed E-state index contributed by atoms with van der Waals surface area (Å²) in [6.07, 6.45) is 0. The van der Waals surface area contributed by atoms with Gasteiger partial charge in [0.05, 0.1) is 0 Å². The Kier molecular flexibility index (Phi) is 8.18. The molecule has 0 amide bonds. The Labute approximate surface area is 184 Å². The van der Waals surface area contributed by atoms with Crippen LogP contribution in [0.2, 0.25) is 0 Å². The van der Waals surface area contributed by atoms with Crippen molar-refractivity contribution in [3.05, 3.63) is 121 Å². The summed E-state index contributed by atoms with van der Waals surface area (Å²) in [5, 5.41) is 5.83. The molecular formula is C25H22P2Pt. The maximum absolute atomic E-state index is 2.29. The fourth-order valence-electron chi connectivity index (χ4n) is 3.20. The van der Waals surface area contributed by atoms with E-state index in [4.69, 9.17) is 0 Å². The zero-order chi connectivity index (χ0) is 18.3. The maximum atomic E-state index is 2.29. The van der Waals surface area contributed by atoms with Crippen LogP contribution in [0.4, 0.5) is 0 Å². The van der Waals surface area contributed by atoms with E-state index in [1.54, 1.807) is 0 Å². The van der Waals surface area contributed by atoms with E-state index in [9.17, 15) is 0 Å². The number of hydrogen-bond acceptors (Lipinski definition) is 0. The van der Waals surface area contributed by atoms with Gasteiger partial charge in [-0.05, 0) is 37.1 Å². The van der Waals surface area contributed by atoms with Crippen molar-refractivity contribution in [1.29, 1.82) is 0 Å². The molecule has 0 nitrogen and oxygen atoms in total. The van der Waals surface area contributed by atoms with E-state index < -0.39 is 15.8 Å². The topological polar surface area (TPSA) is 0 Å². The van der Waals surface area contributed by atoms with E-state index in [0.717, 1.165) is 0 Å². The van der Waals surface area contributed by atoms with E-state index in [-0.39, 0.29) is 21.1 Å². The summed E-state index contributed by atoms with van der Waals surface area (Å²) < 4.78 is 0. The summed E-state index contributed by atoms with van der Waals surface area (Å²) in [4.78, 5) is 0. The van der Waals surface area contributed by atoms with Gasteiger partial charge in [0.25, 0.3) is 0 Å². The number of rotatable bonds is 6. The van der Waals surface area contributed by atoms with Crippen LogP contribution in [0.3, 0.4) is 0 Å². The van der Waals surface area contributed by atoms with Crippen molar-refractivity contribution in [3.8, 4) is 0 Å². The van der Waals surface area contributed by atoms with Gasteiger partial charge in [-0.15, -0.1) is 0 Å². The van der Waals surface area contributed by atoms with Gasteiger partial charge >= 0.3 is 0 Å². The van der Waals surface area contributed by atoms with Crippen molar-refractivity contribution in [1.82, 2.24) is 0 Å². The largest absolute Gasteiger partial charge is 0.0622 e. The average Bonchev–Trinajstić information content (AvgIpc) is 2.77. The van der Waals surface area contributed by atoms with E-state index in [2.05, 4.69) is 121 Å². The Morgan fingerprint density at radius 1 is 0.357 bits per heavy atom. The van der Waals surface area contributed by atoms with Gasteiger partial charge in [-0.25, -0.2) is 0 Å². The molecular weight excluding hydrogens is 557 g/mol. The molecule has 0 fully saturated rings. The van der Waals surface area contributed by atoms with E-state index in [1.807, 2.05) is 0 Å². The molecule has 0 aliphatic rings. The molecule has 0 N–H and O–H groups in total. The van der Waals surface area contributed by atoms with Gasteiger partial charge in [0.2, 0.25) is 0 Å². The first-order valence-corrected chi connectivity index (χ1v) is 12.2. The van der Waals surface area contributed by atoms with Crippen LogP contribution in [0.1, 0.15) is 0 Å². The predicted molar refractivity (Wildman–Crippen MR) is 123 cm³/mol. The van der Waals surface area contributed by atoms with Crippen molar-refractivity contribution in [2.45, 2.75) is 0 Å². The van der Waals surface area contributed by atoms with Crippen LogP contribution < -0.4 is 21.2 Å². The molecule has 0 unspecified atom stereocenters. The second-order valence-electron chi connectivity index (χ2n) is 6.34. The van der Waals surface area contributed by atoms with Crippen LogP contribution in [-0.4, -0.2) is 5.90 Å². The van der Waals surface area contributed by atoms with Crippen LogP contribution in [0.25, 0.3) is 0 Å². The van der Waals surface area contributed by atoms with Gasteiger partial charge in [-0.1, -0.05) is 121 Å². The molecule has 3 heteroatoms. The first-order valence-electron chi connectivity index (χ1n) is 9.17. The van der Waals surface area contributed by atoms with Crippen molar-refractivity contribution >= 4 is 37.1 Å². The molecule has 0 heterocycles. The SMILES string of the molecule is [Pt].c1ccc(P(CP(c2ccccc2)c2ccccc2)c2ccccc2)cc1. The summed E-state index contributed by atoms with van der Waals surface area (Å²) in [6, 6.07) is 44.1. The summed E-state index contributed by atoms with van der Waals surface area (Å²) in [6.45, 7) is 0. The maximum Gasteiger partial charge on any atom is 0.00405 e. The van der Waals surface area contributed by atoms with Gasteiger partial charge in [0.1, 0.15) is 0 Å². The van der Waals surface area contributed by atoms with Crippen molar-refractivity contribution in [3.63, 3.8) is 0 Å². The minimum absolute atomic E-state index is 0. The molecule has 0 bridgehead atoms. The Morgan fingerprint density at radius 3 is 0.786 bits per heavy atom. The third-order valence-electron chi connectivity index (χ3n) is 4.55. The molecule has 0 aliphatic carbocycles.